The van der Waals surface area contributed by atoms with Crippen LogP contribution < -0.4 is 0 Å². The summed E-state index contributed by atoms with van der Waals surface area (Å²) in [5.74, 6) is 0.328. The second kappa shape index (κ2) is 3.59. The molecule has 0 saturated heterocycles. The average molecular weight is 198 g/mol. The maximum Gasteiger partial charge on any atom is 0.344 e. The highest BCUT2D eigenvalue weighted by Gasteiger charge is 2.47. The van der Waals surface area contributed by atoms with Gasteiger partial charge in [0.25, 0.3) is 6.47 Å². The summed E-state index contributed by atoms with van der Waals surface area (Å²) >= 11 is 0. The van der Waals surface area contributed by atoms with Gasteiger partial charge in [-0.25, -0.2) is 4.79 Å². The fourth-order valence-electron chi connectivity index (χ4n) is 2.65. The first-order valence-corrected chi connectivity index (χ1v) is 5.01. The van der Waals surface area contributed by atoms with Crippen molar-refractivity contribution in [2.75, 3.05) is 6.61 Å². The van der Waals surface area contributed by atoms with Gasteiger partial charge in [-0.05, 0) is 38.0 Å². The molecule has 0 N–H and O–H groups in total. The van der Waals surface area contributed by atoms with Gasteiger partial charge in [-0.1, -0.05) is 0 Å². The van der Waals surface area contributed by atoms with Gasteiger partial charge in [0, 0.05) is 0 Å². The third-order valence-electron chi connectivity index (χ3n) is 3.28. The molecule has 0 amide bonds. The minimum absolute atomic E-state index is 0.214. The van der Waals surface area contributed by atoms with Crippen LogP contribution in [0.15, 0.2) is 0 Å². The molecule has 2 rings (SSSR count). The molecule has 2 bridgehead atoms. The standard InChI is InChI=1S/C10H14O4/c11-7-13-6-9(12)14-10-3-1-8(5-10)2-4-10/h7-8H,1-6H2. The number of hydrogen-bond acceptors (Lipinski definition) is 4. The van der Waals surface area contributed by atoms with Crippen molar-refractivity contribution >= 4 is 12.4 Å². The van der Waals surface area contributed by atoms with Crippen LogP contribution in [0.4, 0.5) is 0 Å². The highest BCUT2D eigenvalue weighted by atomic mass is 16.6. The van der Waals surface area contributed by atoms with Crippen molar-refractivity contribution in [2.24, 2.45) is 5.92 Å². The second-order valence-electron chi connectivity index (χ2n) is 4.21. The third-order valence-corrected chi connectivity index (χ3v) is 3.28. The van der Waals surface area contributed by atoms with E-state index in [0.717, 1.165) is 25.2 Å². The summed E-state index contributed by atoms with van der Waals surface area (Å²) in [7, 11) is 0. The van der Waals surface area contributed by atoms with E-state index in [4.69, 9.17) is 4.74 Å². The molecular weight excluding hydrogens is 184 g/mol. The maximum absolute atomic E-state index is 11.2. The summed E-state index contributed by atoms with van der Waals surface area (Å²) < 4.78 is 9.72. The van der Waals surface area contributed by atoms with E-state index >= 15 is 0 Å². The van der Waals surface area contributed by atoms with E-state index in [0.29, 0.717) is 0 Å². The quantitative estimate of drug-likeness (QED) is 0.500. The highest BCUT2D eigenvalue weighted by molar-refractivity contribution is 5.72. The molecule has 0 aromatic rings. The van der Waals surface area contributed by atoms with Crippen molar-refractivity contribution < 1.29 is 19.1 Å². The molecule has 0 aromatic carbocycles. The van der Waals surface area contributed by atoms with Gasteiger partial charge in [-0.3, -0.25) is 4.79 Å². The first kappa shape index (κ1) is 9.49. The van der Waals surface area contributed by atoms with Crippen LogP contribution in [0.1, 0.15) is 32.1 Å². The van der Waals surface area contributed by atoms with Crippen molar-refractivity contribution in [3.8, 4) is 0 Å². The zero-order valence-corrected chi connectivity index (χ0v) is 8.03. The van der Waals surface area contributed by atoms with Gasteiger partial charge in [0.15, 0.2) is 6.61 Å². The van der Waals surface area contributed by atoms with Crippen LogP contribution in [0.2, 0.25) is 0 Å². The Balaban J connectivity index is 1.84. The van der Waals surface area contributed by atoms with Gasteiger partial charge in [-0.2, -0.15) is 0 Å². The fourth-order valence-corrected chi connectivity index (χ4v) is 2.65. The van der Waals surface area contributed by atoms with Gasteiger partial charge in [-0.15, -0.1) is 0 Å². The van der Waals surface area contributed by atoms with Crippen LogP contribution in [0.25, 0.3) is 0 Å². The van der Waals surface area contributed by atoms with E-state index < -0.39 is 5.97 Å². The van der Waals surface area contributed by atoms with E-state index in [-0.39, 0.29) is 18.7 Å². The number of carbonyl (C=O) groups excluding carboxylic acids is 2. The van der Waals surface area contributed by atoms with Crippen LogP contribution in [0, 0.1) is 5.92 Å². The molecule has 2 saturated carbocycles. The lowest BCUT2D eigenvalue weighted by molar-refractivity contribution is -0.166. The van der Waals surface area contributed by atoms with Crippen LogP contribution in [0.5, 0.6) is 0 Å². The number of ether oxygens (including phenoxy) is 2. The first-order chi connectivity index (χ1) is 6.74. The van der Waals surface area contributed by atoms with E-state index in [9.17, 15) is 9.59 Å². The average Bonchev–Trinajstić information content (AvgIpc) is 2.74. The Bertz CT molecular complexity index is 241. The van der Waals surface area contributed by atoms with E-state index in [1.807, 2.05) is 0 Å². The van der Waals surface area contributed by atoms with Crippen LogP contribution in [-0.4, -0.2) is 24.6 Å². The topological polar surface area (TPSA) is 52.6 Å². The highest BCUT2D eigenvalue weighted by Crippen LogP contribution is 2.49. The van der Waals surface area contributed by atoms with Gasteiger partial charge >= 0.3 is 5.97 Å². The molecule has 0 heterocycles. The smallest absolute Gasteiger partial charge is 0.344 e. The largest absolute Gasteiger partial charge is 0.457 e. The van der Waals surface area contributed by atoms with E-state index in [1.165, 1.54) is 12.8 Å². The third kappa shape index (κ3) is 1.74. The molecule has 0 unspecified atom stereocenters. The fraction of sp³-hybridized carbons (Fsp3) is 0.800. The second-order valence-corrected chi connectivity index (χ2v) is 4.21. The van der Waals surface area contributed by atoms with Crippen LogP contribution in [0.3, 0.4) is 0 Å². The maximum atomic E-state index is 11.2. The summed E-state index contributed by atoms with van der Waals surface area (Å²) in [5.41, 5.74) is -0.214. The number of rotatable bonds is 4. The van der Waals surface area contributed by atoms with Crippen molar-refractivity contribution in [2.45, 2.75) is 37.7 Å². The minimum Gasteiger partial charge on any atom is -0.457 e. The normalized spacial score (nSPS) is 34.1. The number of esters is 1. The Hall–Kier alpha value is -1.06. The Morgan fingerprint density at radius 3 is 2.64 bits per heavy atom. The summed E-state index contributed by atoms with van der Waals surface area (Å²) in [6, 6.07) is 0. The Kier molecular flexibility index (Phi) is 2.44. The molecule has 14 heavy (non-hydrogen) atoms. The van der Waals surface area contributed by atoms with Gasteiger partial charge < -0.3 is 9.47 Å². The Labute approximate surface area is 82.6 Å². The molecule has 4 nitrogen and oxygen atoms in total. The van der Waals surface area contributed by atoms with Crippen molar-refractivity contribution in [3.63, 3.8) is 0 Å². The predicted molar refractivity (Wildman–Crippen MR) is 47.4 cm³/mol. The number of carbonyl (C=O) groups is 2. The SMILES string of the molecule is O=COCC(=O)OC12CCC(CC1)C2. The number of fused-ring (bicyclic) bond motifs is 2. The molecule has 2 aliphatic rings. The molecule has 0 aliphatic heterocycles. The molecular formula is C10H14O4. The van der Waals surface area contributed by atoms with Crippen molar-refractivity contribution in [1.29, 1.82) is 0 Å². The zero-order chi connectivity index (χ0) is 10.0. The lowest BCUT2D eigenvalue weighted by atomic mass is 9.97. The summed E-state index contributed by atoms with van der Waals surface area (Å²) in [6.45, 7) is 0.0148. The summed E-state index contributed by atoms with van der Waals surface area (Å²) in [5, 5.41) is 0. The van der Waals surface area contributed by atoms with Gasteiger partial charge in [0.1, 0.15) is 5.60 Å². The molecule has 0 spiro atoms. The number of hydrogen-bond donors (Lipinski definition) is 0. The predicted octanol–water partition coefficient (Wildman–Crippen LogP) is 1.04. The monoisotopic (exact) mass is 198 g/mol. The molecule has 2 fully saturated rings. The zero-order valence-electron chi connectivity index (χ0n) is 8.03. The van der Waals surface area contributed by atoms with E-state index in [2.05, 4.69) is 4.74 Å². The van der Waals surface area contributed by atoms with Gasteiger partial charge in [0.05, 0.1) is 0 Å². The molecule has 2 aliphatic carbocycles. The lowest BCUT2D eigenvalue weighted by Crippen LogP contribution is -2.31. The van der Waals surface area contributed by atoms with Crippen molar-refractivity contribution in [3.05, 3.63) is 0 Å². The minimum atomic E-state index is -0.417. The molecule has 0 radical (unpaired) electrons. The van der Waals surface area contributed by atoms with Crippen LogP contribution in [-0.2, 0) is 19.1 Å². The Morgan fingerprint density at radius 2 is 2.14 bits per heavy atom. The Morgan fingerprint density at radius 1 is 1.43 bits per heavy atom. The molecule has 78 valence electrons. The van der Waals surface area contributed by atoms with Gasteiger partial charge in [0.2, 0.25) is 0 Å². The summed E-state index contributed by atoms with van der Waals surface area (Å²) in [4.78, 5) is 21.1. The molecule has 0 atom stereocenters. The summed E-state index contributed by atoms with van der Waals surface area (Å²) in [6.07, 6.45) is 5.29. The molecule has 4 heteroatoms. The van der Waals surface area contributed by atoms with E-state index in [1.54, 1.807) is 0 Å². The first-order valence-electron chi connectivity index (χ1n) is 5.01. The molecule has 0 aromatic heterocycles. The van der Waals surface area contributed by atoms with Crippen LogP contribution >= 0.6 is 0 Å². The van der Waals surface area contributed by atoms with Crippen molar-refractivity contribution in [1.82, 2.24) is 0 Å². The lowest BCUT2D eigenvalue weighted by Gasteiger charge is -2.26.